The van der Waals surface area contributed by atoms with E-state index in [1.165, 1.54) is 16.0 Å². The number of hydrogen-bond acceptors (Lipinski definition) is 2. The van der Waals surface area contributed by atoms with E-state index < -0.39 is 0 Å². The highest BCUT2D eigenvalue weighted by atomic mass is 32.2. The smallest absolute Gasteiger partial charge is 0.185 e. The third-order valence-electron chi connectivity index (χ3n) is 3.87. The van der Waals surface area contributed by atoms with Crippen molar-refractivity contribution < 1.29 is 4.79 Å². The van der Waals surface area contributed by atoms with Gasteiger partial charge < -0.3 is 0 Å². The van der Waals surface area contributed by atoms with Crippen LogP contribution >= 0.6 is 11.8 Å². The van der Waals surface area contributed by atoms with E-state index in [1.54, 1.807) is 17.8 Å². The van der Waals surface area contributed by atoms with Crippen molar-refractivity contribution >= 4 is 23.6 Å². The van der Waals surface area contributed by atoms with Gasteiger partial charge in [0.25, 0.3) is 0 Å². The monoisotopic (exact) mass is 324 g/mol. The fraction of sp³-hybridized carbons (Fsp3) is 0.286. The first-order chi connectivity index (χ1) is 11.2. The van der Waals surface area contributed by atoms with Gasteiger partial charge in [-0.05, 0) is 65.6 Å². The maximum atomic E-state index is 12.3. The lowest BCUT2D eigenvalue weighted by molar-refractivity contribution is 0.104. The molecule has 1 nitrogen and oxygen atoms in total. The first-order valence-corrected chi connectivity index (χ1v) is 9.23. The second-order valence-electron chi connectivity index (χ2n) is 5.39. The molecule has 0 bridgehead atoms. The van der Waals surface area contributed by atoms with Crippen molar-refractivity contribution in [2.45, 2.75) is 38.5 Å². The van der Waals surface area contributed by atoms with E-state index in [2.05, 4.69) is 39.0 Å². The third kappa shape index (κ3) is 4.84. The van der Waals surface area contributed by atoms with Gasteiger partial charge in [0.05, 0.1) is 0 Å². The normalized spacial score (nSPS) is 11.1. The van der Waals surface area contributed by atoms with Crippen LogP contribution in [0.5, 0.6) is 0 Å². The molecule has 0 aliphatic carbocycles. The number of benzene rings is 2. The Hall–Kier alpha value is -1.80. The van der Waals surface area contributed by atoms with Gasteiger partial charge in [0.15, 0.2) is 5.78 Å². The molecule has 0 unspecified atom stereocenters. The van der Waals surface area contributed by atoms with Crippen LogP contribution in [0.2, 0.25) is 0 Å². The molecule has 0 N–H and O–H groups in total. The van der Waals surface area contributed by atoms with E-state index >= 15 is 0 Å². The summed E-state index contributed by atoms with van der Waals surface area (Å²) < 4.78 is 0. The van der Waals surface area contributed by atoms with Gasteiger partial charge in [0, 0.05) is 10.5 Å². The first kappa shape index (κ1) is 17.6. The number of thioether (sulfide) groups is 1. The summed E-state index contributed by atoms with van der Waals surface area (Å²) in [4.78, 5) is 13.5. The molecular weight excluding hydrogens is 300 g/mol. The Morgan fingerprint density at radius 1 is 0.957 bits per heavy atom. The van der Waals surface area contributed by atoms with E-state index in [1.807, 2.05) is 30.3 Å². The molecule has 0 atom stereocenters. The molecule has 23 heavy (non-hydrogen) atoms. The molecule has 120 valence electrons. The molecule has 0 radical (unpaired) electrons. The van der Waals surface area contributed by atoms with Crippen LogP contribution in [0, 0.1) is 0 Å². The van der Waals surface area contributed by atoms with Gasteiger partial charge >= 0.3 is 0 Å². The molecule has 0 fully saturated rings. The molecule has 0 aliphatic heterocycles. The van der Waals surface area contributed by atoms with Crippen molar-refractivity contribution in [2.75, 3.05) is 5.75 Å². The zero-order valence-electron chi connectivity index (χ0n) is 14.1. The molecule has 0 heterocycles. The second-order valence-corrected chi connectivity index (χ2v) is 6.73. The molecule has 2 aromatic rings. The van der Waals surface area contributed by atoms with Crippen molar-refractivity contribution in [3.05, 3.63) is 70.8 Å². The predicted molar refractivity (Wildman–Crippen MR) is 101 cm³/mol. The number of carbonyl (C=O) groups excluding carboxylic acids is 1. The van der Waals surface area contributed by atoms with E-state index in [9.17, 15) is 4.79 Å². The number of carbonyl (C=O) groups is 1. The number of rotatable bonds is 7. The average Bonchev–Trinajstić information content (AvgIpc) is 2.60. The summed E-state index contributed by atoms with van der Waals surface area (Å²) in [5.41, 5.74) is 4.58. The van der Waals surface area contributed by atoms with Crippen LogP contribution in [0.4, 0.5) is 0 Å². The molecule has 2 heteroatoms. The Labute approximate surface area is 143 Å². The van der Waals surface area contributed by atoms with Gasteiger partial charge in [0.1, 0.15) is 0 Å². The zero-order chi connectivity index (χ0) is 16.7. The summed E-state index contributed by atoms with van der Waals surface area (Å²) in [6, 6.07) is 14.3. The number of allylic oxidation sites excluding steroid dienone is 1. The molecule has 2 rings (SSSR count). The predicted octanol–water partition coefficient (Wildman–Crippen LogP) is 5.82. The van der Waals surface area contributed by atoms with Crippen molar-refractivity contribution in [3.63, 3.8) is 0 Å². The molecule has 0 amide bonds. The van der Waals surface area contributed by atoms with Crippen LogP contribution in [0.15, 0.2) is 53.4 Å². The summed E-state index contributed by atoms with van der Waals surface area (Å²) in [7, 11) is 0. The van der Waals surface area contributed by atoms with E-state index in [0.717, 1.165) is 29.7 Å². The van der Waals surface area contributed by atoms with Gasteiger partial charge in [-0.3, -0.25) is 4.79 Å². The lowest BCUT2D eigenvalue weighted by Crippen LogP contribution is -1.94. The highest BCUT2D eigenvalue weighted by molar-refractivity contribution is 7.99. The van der Waals surface area contributed by atoms with Gasteiger partial charge in [-0.1, -0.05) is 45.0 Å². The summed E-state index contributed by atoms with van der Waals surface area (Å²) >= 11 is 1.78. The number of aryl methyl sites for hydroxylation is 2. The molecule has 0 saturated heterocycles. The highest BCUT2D eigenvalue weighted by Crippen LogP contribution is 2.19. The number of hydrogen-bond donors (Lipinski definition) is 0. The van der Waals surface area contributed by atoms with Crippen LogP contribution in [0.3, 0.4) is 0 Å². The summed E-state index contributed by atoms with van der Waals surface area (Å²) in [6.45, 7) is 6.47. The minimum absolute atomic E-state index is 0.0515. The first-order valence-electron chi connectivity index (χ1n) is 8.25. The maximum Gasteiger partial charge on any atom is 0.185 e. The SMILES string of the molecule is CCSc1ccc(C(=O)C=Cc2ccc(CC)c(CC)c2)cc1. The minimum Gasteiger partial charge on any atom is -0.289 e. The molecule has 0 aliphatic rings. The van der Waals surface area contributed by atoms with Gasteiger partial charge in [0.2, 0.25) is 0 Å². The molecular formula is C21H24OS. The van der Waals surface area contributed by atoms with Crippen LogP contribution in [-0.4, -0.2) is 11.5 Å². The Morgan fingerprint density at radius 3 is 2.26 bits per heavy atom. The van der Waals surface area contributed by atoms with Crippen molar-refractivity contribution in [3.8, 4) is 0 Å². The van der Waals surface area contributed by atoms with E-state index in [0.29, 0.717) is 0 Å². The second kappa shape index (κ2) is 8.73. The minimum atomic E-state index is 0.0515. The van der Waals surface area contributed by atoms with Gasteiger partial charge in [-0.2, -0.15) is 0 Å². The largest absolute Gasteiger partial charge is 0.289 e. The molecule has 0 aromatic heterocycles. The van der Waals surface area contributed by atoms with Crippen LogP contribution in [-0.2, 0) is 12.8 Å². The Morgan fingerprint density at radius 2 is 1.65 bits per heavy atom. The topological polar surface area (TPSA) is 17.1 Å². The molecule has 0 saturated carbocycles. The Kier molecular flexibility index (Phi) is 6.66. The summed E-state index contributed by atoms with van der Waals surface area (Å²) in [6.07, 6.45) is 5.65. The van der Waals surface area contributed by atoms with Crippen molar-refractivity contribution in [1.82, 2.24) is 0 Å². The average molecular weight is 324 g/mol. The van der Waals surface area contributed by atoms with Crippen molar-refractivity contribution in [2.24, 2.45) is 0 Å². The summed E-state index contributed by atoms with van der Waals surface area (Å²) in [5, 5.41) is 0. The highest BCUT2D eigenvalue weighted by Gasteiger charge is 2.03. The van der Waals surface area contributed by atoms with Gasteiger partial charge in [-0.25, -0.2) is 0 Å². The summed E-state index contributed by atoms with van der Waals surface area (Å²) in [5.74, 6) is 1.09. The fourth-order valence-corrected chi connectivity index (χ4v) is 3.24. The third-order valence-corrected chi connectivity index (χ3v) is 4.76. The van der Waals surface area contributed by atoms with E-state index in [4.69, 9.17) is 0 Å². The van der Waals surface area contributed by atoms with Crippen LogP contribution in [0.25, 0.3) is 6.08 Å². The lowest BCUT2D eigenvalue weighted by Gasteiger charge is -2.06. The number of ketones is 1. The Bertz CT molecular complexity index is 683. The van der Waals surface area contributed by atoms with Crippen molar-refractivity contribution in [1.29, 1.82) is 0 Å². The van der Waals surface area contributed by atoms with Gasteiger partial charge in [-0.15, -0.1) is 11.8 Å². The fourth-order valence-electron chi connectivity index (χ4n) is 2.57. The quantitative estimate of drug-likeness (QED) is 0.363. The lowest BCUT2D eigenvalue weighted by atomic mass is 9.99. The van der Waals surface area contributed by atoms with Crippen LogP contribution < -0.4 is 0 Å². The van der Waals surface area contributed by atoms with E-state index in [-0.39, 0.29) is 5.78 Å². The van der Waals surface area contributed by atoms with Crippen LogP contribution in [0.1, 0.15) is 47.8 Å². The molecule has 2 aromatic carbocycles. The standard InChI is InChI=1S/C21H24OS/c1-4-17-9-7-16(15-18(17)5-2)8-14-21(22)19-10-12-20(13-11-19)23-6-3/h7-15H,4-6H2,1-3H3. The maximum absolute atomic E-state index is 12.3. The molecule has 0 spiro atoms. The zero-order valence-corrected chi connectivity index (χ0v) is 15.0. The Balaban J connectivity index is 2.11.